The zero-order valence-electron chi connectivity index (χ0n) is 11.1. The van der Waals surface area contributed by atoms with Gasteiger partial charge < -0.3 is 10.1 Å². The molecule has 1 heterocycles. The number of hydrogen-bond acceptors (Lipinski definition) is 4. The van der Waals surface area contributed by atoms with Crippen molar-refractivity contribution in [3.63, 3.8) is 0 Å². The highest BCUT2D eigenvalue weighted by atomic mass is 32.1. The van der Waals surface area contributed by atoms with Gasteiger partial charge in [0.15, 0.2) is 11.6 Å². The minimum Gasteiger partial charge on any atom is -0.494 e. The van der Waals surface area contributed by atoms with Gasteiger partial charge in [-0.3, -0.25) is 0 Å². The molecule has 0 atom stereocenters. The van der Waals surface area contributed by atoms with E-state index in [2.05, 4.69) is 17.2 Å². The Balaban J connectivity index is 2.13. The summed E-state index contributed by atoms with van der Waals surface area (Å²) >= 11 is 1.56. The molecule has 0 spiro atoms. The fourth-order valence-corrected chi connectivity index (χ4v) is 2.52. The van der Waals surface area contributed by atoms with Crippen molar-refractivity contribution in [2.45, 2.75) is 19.9 Å². The maximum Gasteiger partial charge on any atom is 0.165 e. The van der Waals surface area contributed by atoms with Crippen LogP contribution in [-0.4, -0.2) is 18.6 Å². The summed E-state index contributed by atoms with van der Waals surface area (Å²) in [7, 11) is 1.46. The number of nitrogens with zero attached hydrogens (tertiary/aromatic N) is 1. The van der Waals surface area contributed by atoms with Gasteiger partial charge in [0.1, 0.15) is 5.01 Å². The number of benzene rings is 1. The third-order valence-electron chi connectivity index (χ3n) is 2.68. The van der Waals surface area contributed by atoms with Crippen LogP contribution in [0.1, 0.15) is 19.0 Å². The van der Waals surface area contributed by atoms with Gasteiger partial charge in [0, 0.05) is 17.5 Å². The zero-order chi connectivity index (χ0) is 13.7. The molecule has 3 nitrogen and oxygen atoms in total. The molecule has 0 amide bonds. The van der Waals surface area contributed by atoms with Crippen molar-refractivity contribution >= 4 is 11.3 Å². The van der Waals surface area contributed by atoms with E-state index in [4.69, 9.17) is 4.74 Å². The quantitative estimate of drug-likeness (QED) is 0.823. The summed E-state index contributed by atoms with van der Waals surface area (Å²) in [5.41, 5.74) is 1.89. The van der Waals surface area contributed by atoms with Crippen molar-refractivity contribution in [1.82, 2.24) is 10.3 Å². The van der Waals surface area contributed by atoms with Crippen molar-refractivity contribution < 1.29 is 9.13 Å². The number of rotatable bonds is 6. The number of nitrogens with one attached hydrogen (secondary N) is 1. The lowest BCUT2D eigenvalue weighted by Crippen LogP contribution is -2.13. The smallest absolute Gasteiger partial charge is 0.165 e. The van der Waals surface area contributed by atoms with Crippen LogP contribution >= 0.6 is 11.3 Å². The van der Waals surface area contributed by atoms with Gasteiger partial charge in [0.05, 0.1) is 12.8 Å². The van der Waals surface area contributed by atoms with E-state index in [0.717, 1.165) is 35.8 Å². The van der Waals surface area contributed by atoms with Crippen LogP contribution in [0.15, 0.2) is 23.6 Å². The van der Waals surface area contributed by atoms with Gasteiger partial charge in [-0.1, -0.05) is 6.92 Å². The second-order valence-electron chi connectivity index (χ2n) is 4.17. The van der Waals surface area contributed by atoms with E-state index in [-0.39, 0.29) is 11.6 Å². The lowest BCUT2D eigenvalue weighted by Gasteiger charge is -2.03. The van der Waals surface area contributed by atoms with Gasteiger partial charge >= 0.3 is 0 Å². The number of thiazole rings is 1. The topological polar surface area (TPSA) is 34.1 Å². The summed E-state index contributed by atoms with van der Waals surface area (Å²) in [5.74, 6) is -0.106. The average molecular weight is 280 g/mol. The first-order valence-corrected chi connectivity index (χ1v) is 7.11. The third-order valence-corrected chi connectivity index (χ3v) is 3.62. The van der Waals surface area contributed by atoms with E-state index in [1.807, 2.05) is 5.38 Å². The molecule has 0 radical (unpaired) electrons. The third kappa shape index (κ3) is 3.52. The molecule has 0 saturated heterocycles. The molecule has 2 rings (SSSR count). The second kappa shape index (κ2) is 6.63. The summed E-state index contributed by atoms with van der Waals surface area (Å²) in [6, 6.07) is 4.81. The van der Waals surface area contributed by atoms with E-state index in [9.17, 15) is 4.39 Å². The Kier molecular flexibility index (Phi) is 4.87. The number of hydrogen-bond donors (Lipinski definition) is 1. The van der Waals surface area contributed by atoms with E-state index in [0.29, 0.717) is 0 Å². The summed E-state index contributed by atoms with van der Waals surface area (Å²) in [6.45, 7) is 3.88. The standard InChI is InChI=1S/C14H17FN2OS/c1-3-6-16-8-11-9-19-14(17-11)10-4-5-12(15)13(7-10)18-2/h4-5,7,9,16H,3,6,8H2,1-2H3. The van der Waals surface area contributed by atoms with E-state index in [1.54, 1.807) is 23.5 Å². The molecule has 0 aliphatic rings. The second-order valence-corrected chi connectivity index (χ2v) is 5.03. The molecule has 5 heteroatoms. The Morgan fingerprint density at radius 1 is 1.42 bits per heavy atom. The molecule has 102 valence electrons. The first-order valence-electron chi connectivity index (χ1n) is 6.23. The number of methoxy groups -OCH3 is 1. The van der Waals surface area contributed by atoms with Gasteiger partial charge in [0.25, 0.3) is 0 Å². The SMILES string of the molecule is CCCNCc1csc(-c2ccc(F)c(OC)c2)n1. The first-order chi connectivity index (χ1) is 9.24. The van der Waals surface area contributed by atoms with Crippen molar-refractivity contribution in [3.05, 3.63) is 35.1 Å². The minimum atomic E-state index is -0.354. The van der Waals surface area contributed by atoms with Crippen molar-refractivity contribution in [3.8, 4) is 16.3 Å². The molecule has 2 aromatic rings. The van der Waals surface area contributed by atoms with Crippen LogP contribution in [-0.2, 0) is 6.54 Å². The normalized spacial score (nSPS) is 10.7. The molecule has 0 aliphatic carbocycles. The van der Waals surface area contributed by atoms with Crippen molar-refractivity contribution in [1.29, 1.82) is 0 Å². The number of aromatic nitrogens is 1. The maximum atomic E-state index is 13.3. The minimum absolute atomic E-state index is 0.248. The molecule has 0 unspecified atom stereocenters. The predicted octanol–water partition coefficient (Wildman–Crippen LogP) is 3.46. The van der Waals surface area contributed by atoms with Crippen molar-refractivity contribution in [2.75, 3.05) is 13.7 Å². The van der Waals surface area contributed by atoms with E-state index >= 15 is 0 Å². The summed E-state index contributed by atoms with van der Waals surface area (Å²) < 4.78 is 18.3. The molecular weight excluding hydrogens is 263 g/mol. The van der Waals surface area contributed by atoms with Gasteiger partial charge in [-0.2, -0.15) is 0 Å². The fourth-order valence-electron chi connectivity index (χ4n) is 1.71. The molecule has 1 N–H and O–H groups in total. The van der Waals surface area contributed by atoms with Gasteiger partial charge in [0.2, 0.25) is 0 Å². The van der Waals surface area contributed by atoms with Crippen molar-refractivity contribution in [2.24, 2.45) is 0 Å². The van der Waals surface area contributed by atoms with Crippen LogP contribution in [0.5, 0.6) is 5.75 Å². The number of ether oxygens (including phenoxy) is 1. The highest BCUT2D eigenvalue weighted by Gasteiger charge is 2.08. The number of halogens is 1. The Labute approximate surface area is 116 Å². The Hall–Kier alpha value is -1.46. The summed E-state index contributed by atoms with van der Waals surface area (Å²) in [5, 5.41) is 6.21. The molecule has 19 heavy (non-hydrogen) atoms. The molecular formula is C14H17FN2OS. The monoisotopic (exact) mass is 280 g/mol. The first kappa shape index (κ1) is 14.0. The van der Waals surface area contributed by atoms with Crippen LogP contribution in [0.25, 0.3) is 10.6 Å². The highest BCUT2D eigenvalue weighted by Crippen LogP contribution is 2.28. The van der Waals surface area contributed by atoms with Gasteiger partial charge in [-0.25, -0.2) is 9.37 Å². The summed E-state index contributed by atoms with van der Waals surface area (Å²) in [6.07, 6.45) is 1.10. The Morgan fingerprint density at radius 2 is 2.26 bits per heavy atom. The molecule has 1 aromatic carbocycles. The lowest BCUT2D eigenvalue weighted by molar-refractivity contribution is 0.387. The predicted molar refractivity (Wildman–Crippen MR) is 76.1 cm³/mol. The Morgan fingerprint density at radius 3 is 3.00 bits per heavy atom. The zero-order valence-corrected chi connectivity index (χ0v) is 11.9. The van der Waals surface area contributed by atoms with Crippen LogP contribution in [0.2, 0.25) is 0 Å². The van der Waals surface area contributed by atoms with Crippen LogP contribution in [0, 0.1) is 5.82 Å². The molecule has 0 fully saturated rings. The lowest BCUT2D eigenvalue weighted by atomic mass is 10.2. The van der Waals surface area contributed by atoms with Crippen LogP contribution in [0.3, 0.4) is 0 Å². The fraction of sp³-hybridized carbons (Fsp3) is 0.357. The van der Waals surface area contributed by atoms with E-state index in [1.165, 1.54) is 13.2 Å². The Bertz CT molecular complexity index is 542. The highest BCUT2D eigenvalue weighted by molar-refractivity contribution is 7.13. The molecule has 0 bridgehead atoms. The summed E-state index contributed by atoms with van der Waals surface area (Å²) in [4.78, 5) is 4.54. The van der Waals surface area contributed by atoms with Crippen LogP contribution < -0.4 is 10.1 Å². The maximum absolute atomic E-state index is 13.3. The molecule has 1 aromatic heterocycles. The van der Waals surface area contributed by atoms with E-state index < -0.39 is 0 Å². The van der Waals surface area contributed by atoms with Gasteiger partial charge in [-0.05, 0) is 31.2 Å². The average Bonchev–Trinajstić information content (AvgIpc) is 2.88. The van der Waals surface area contributed by atoms with Crippen LogP contribution in [0.4, 0.5) is 4.39 Å². The molecule has 0 saturated carbocycles. The largest absolute Gasteiger partial charge is 0.494 e. The molecule has 0 aliphatic heterocycles. The van der Waals surface area contributed by atoms with Gasteiger partial charge in [-0.15, -0.1) is 11.3 Å².